The van der Waals surface area contributed by atoms with Gasteiger partial charge in [0, 0.05) is 12.2 Å². The summed E-state index contributed by atoms with van der Waals surface area (Å²) in [6.07, 6.45) is 0. The first-order chi connectivity index (χ1) is 10.1. The lowest BCUT2D eigenvalue weighted by molar-refractivity contribution is 0.0697. The lowest BCUT2D eigenvalue weighted by atomic mass is 10.2. The summed E-state index contributed by atoms with van der Waals surface area (Å²) in [6.45, 7) is 0.832. The Morgan fingerprint density at radius 2 is 1.95 bits per heavy atom. The van der Waals surface area contributed by atoms with Crippen LogP contribution in [0.4, 0.5) is 10.1 Å². The number of aromatic carboxylic acids is 1. The molecular formula is C15H13ClFNO3. The van der Waals surface area contributed by atoms with Crippen LogP contribution in [0.25, 0.3) is 0 Å². The molecule has 0 aliphatic heterocycles. The molecule has 0 aliphatic rings. The molecule has 0 saturated carbocycles. The zero-order valence-electron chi connectivity index (χ0n) is 11.0. The molecule has 0 radical (unpaired) electrons. The van der Waals surface area contributed by atoms with Crippen LogP contribution in [-0.4, -0.2) is 24.2 Å². The van der Waals surface area contributed by atoms with Crippen molar-refractivity contribution < 1.29 is 19.0 Å². The molecule has 0 saturated heterocycles. The summed E-state index contributed by atoms with van der Waals surface area (Å²) in [7, 11) is 0. The molecule has 110 valence electrons. The van der Waals surface area contributed by atoms with Crippen molar-refractivity contribution in [2.24, 2.45) is 0 Å². The molecule has 2 aromatic rings. The van der Waals surface area contributed by atoms with Crippen molar-refractivity contribution in [2.75, 3.05) is 18.5 Å². The van der Waals surface area contributed by atoms with Gasteiger partial charge in [0.2, 0.25) is 0 Å². The largest absolute Gasteiger partial charge is 0.492 e. The van der Waals surface area contributed by atoms with Gasteiger partial charge >= 0.3 is 5.97 Å². The molecule has 0 aliphatic carbocycles. The summed E-state index contributed by atoms with van der Waals surface area (Å²) >= 11 is 5.59. The molecule has 21 heavy (non-hydrogen) atoms. The molecular weight excluding hydrogens is 297 g/mol. The van der Waals surface area contributed by atoms with E-state index in [1.54, 1.807) is 18.2 Å². The van der Waals surface area contributed by atoms with E-state index in [1.165, 1.54) is 24.3 Å². The van der Waals surface area contributed by atoms with Gasteiger partial charge < -0.3 is 15.2 Å². The molecule has 4 nitrogen and oxygen atoms in total. The topological polar surface area (TPSA) is 58.6 Å². The van der Waals surface area contributed by atoms with E-state index in [0.29, 0.717) is 24.6 Å². The fraction of sp³-hybridized carbons (Fsp3) is 0.133. The highest BCUT2D eigenvalue weighted by Crippen LogP contribution is 2.18. The average Bonchev–Trinajstić information content (AvgIpc) is 2.47. The normalized spacial score (nSPS) is 10.2. The van der Waals surface area contributed by atoms with E-state index in [2.05, 4.69) is 5.32 Å². The number of carboxylic acid groups (broad SMARTS) is 1. The Bertz CT molecular complexity index is 631. The molecule has 0 aromatic heterocycles. The van der Waals surface area contributed by atoms with Crippen LogP contribution in [-0.2, 0) is 0 Å². The van der Waals surface area contributed by atoms with Crippen molar-refractivity contribution in [3.05, 3.63) is 58.9 Å². The molecule has 0 atom stereocenters. The van der Waals surface area contributed by atoms with E-state index in [1.807, 2.05) is 0 Å². The summed E-state index contributed by atoms with van der Waals surface area (Å²) < 4.78 is 18.6. The van der Waals surface area contributed by atoms with Crippen molar-refractivity contribution in [3.63, 3.8) is 0 Å². The molecule has 6 heteroatoms. The SMILES string of the molecule is O=C(O)c1ccc(OCCNc2ccc(Cl)c(F)c2)cc1. The van der Waals surface area contributed by atoms with Gasteiger partial charge in [-0.1, -0.05) is 11.6 Å². The molecule has 0 bridgehead atoms. The van der Waals surface area contributed by atoms with Crippen molar-refractivity contribution in [1.29, 1.82) is 0 Å². The van der Waals surface area contributed by atoms with Crippen molar-refractivity contribution >= 4 is 23.3 Å². The highest BCUT2D eigenvalue weighted by atomic mass is 35.5. The minimum absolute atomic E-state index is 0.0790. The molecule has 0 amide bonds. The number of carbonyl (C=O) groups is 1. The number of nitrogens with one attached hydrogen (secondary N) is 1. The zero-order chi connectivity index (χ0) is 15.2. The predicted molar refractivity (Wildman–Crippen MR) is 78.8 cm³/mol. The van der Waals surface area contributed by atoms with Gasteiger partial charge in [-0.2, -0.15) is 0 Å². The number of hydrogen-bond donors (Lipinski definition) is 2. The van der Waals surface area contributed by atoms with Crippen LogP contribution >= 0.6 is 11.6 Å². The second kappa shape index (κ2) is 6.95. The van der Waals surface area contributed by atoms with Crippen molar-refractivity contribution in [2.45, 2.75) is 0 Å². The maximum Gasteiger partial charge on any atom is 0.335 e. The molecule has 0 unspecified atom stereocenters. The Kier molecular flexibility index (Phi) is 5.00. The van der Waals surface area contributed by atoms with E-state index < -0.39 is 11.8 Å². The van der Waals surface area contributed by atoms with Crippen LogP contribution in [0.15, 0.2) is 42.5 Å². The second-order valence-corrected chi connectivity index (χ2v) is 4.64. The molecule has 0 spiro atoms. The van der Waals surface area contributed by atoms with Gasteiger partial charge in [-0.25, -0.2) is 9.18 Å². The van der Waals surface area contributed by atoms with E-state index in [0.717, 1.165) is 0 Å². The molecule has 0 fully saturated rings. The number of anilines is 1. The first kappa shape index (κ1) is 15.1. The maximum absolute atomic E-state index is 13.2. The van der Waals surface area contributed by atoms with Gasteiger partial charge in [-0.05, 0) is 42.5 Å². The van der Waals surface area contributed by atoms with Gasteiger partial charge in [-0.15, -0.1) is 0 Å². The molecule has 2 aromatic carbocycles. The van der Waals surface area contributed by atoms with Gasteiger partial charge in [0.25, 0.3) is 0 Å². The Morgan fingerprint density at radius 3 is 2.57 bits per heavy atom. The molecule has 2 N–H and O–H groups in total. The molecule has 0 heterocycles. The average molecular weight is 310 g/mol. The Morgan fingerprint density at radius 1 is 1.24 bits per heavy atom. The first-order valence-electron chi connectivity index (χ1n) is 6.21. The van der Waals surface area contributed by atoms with Gasteiger partial charge in [0.1, 0.15) is 18.2 Å². The standard InChI is InChI=1S/C15H13ClFNO3/c16-13-6-3-11(9-14(13)17)18-7-8-21-12-4-1-10(2-5-12)15(19)20/h1-6,9,18H,7-8H2,(H,19,20). The van der Waals surface area contributed by atoms with E-state index in [4.69, 9.17) is 21.4 Å². The molecule has 2 rings (SSSR count). The summed E-state index contributed by atoms with van der Waals surface area (Å²) in [6, 6.07) is 10.6. The predicted octanol–water partition coefficient (Wildman–Crippen LogP) is 3.67. The third kappa shape index (κ3) is 4.36. The van der Waals surface area contributed by atoms with E-state index in [-0.39, 0.29) is 10.6 Å². The Balaban J connectivity index is 1.79. The summed E-state index contributed by atoms with van der Waals surface area (Å²) in [5.74, 6) is -0.885. The van der Waals surface area contributed by atoms with Crippen molar-refractivity contribution in [1.82, 2.24) is 0 Å². The third-order valence-electron chi connectivity index (χ3n) is 2.72. The second-order valence-electron chi connectivity index (χ2n) is 4.23. The fourth-order valence-electron chi connectivity index (χ4n) is 1.66. The fourth-order valence-corrected chi connectivity index (χ4v) is 1.78. The van der Waals surface area contributed by atoms with Crippen LogP contribution in [0.1, 0.15) is 10.4 Å². The number of rotatable bonds is 6. The minimum Gasteiger partial charge on any atom is -0.492 e. The zero-order valence-corrected chi connectivity index (χ0v) is 11.7. The Hall–Kier alpha value is -2.27. The number of halogens is 2. The summed E-state index contributed by atoms with van der Waals surface area (Å²) in [4.78, 5) is 10.7. The number of carboxylic acids is 1. The monoisotopic (exact) mass is 309 g/mol. The van der Waals surface area contributed by atoms with Gasteiger partial charge in [0.15, 0.2) is 0 Å². The van der Waals surface area contributed by atoms with E-state index in [9.17, 15) is 9.18 Å². The van der Waals surface area contributed by atoms with Crippen molar-refractivity contribution in [3.8, 4) is 5.75 Å². The minimum atomic E-state index is -0.979. The number of hydrogen-bond acceptors (Lipinski definition) is 3. The van der Waals surface area contributed by atoms with E-state index >= 15 is 0 Å². The highest BCUT2D eigenvalue weighted by Gasteiger charge is 2.03. The smallest absolute Gasteiger partial charge is 0.335 e. The summed E-state index contributed by atoms with van der Waals surface area (Å²) in [5.41, 5.74) is 0.818. The lowest BCUT2D eigenvalue weighted by Gasteiger charge is -2.09. The van der Waals surface area contributed by atoms with Crippen LogP contribution in [0.5, 0.6) is 5.75 Å². The first-order valence-corrected chi connectivity index (χ1v) is 6.59. The number of ether oxygens (including phenoxy) is 1. The van der Waals surface area contributed by atoms with Crippen LogP contribution in [0.2, 0.25) is 5.02 Å². The maximum atomic E-state index is 13.2. The quantitative estimate of drug-likeness (QED) is 0.799. The van der Waals surface area contributed by atoms with Crippen LogP contribution in [0.3, 0.4) is 0 Å². The van der Waals surface area contributed by atoms with Gasteiger partial charge in [-0.3, -0.25) is 0 Å². The highest BCUT2D eigenvalue weighted by molar-refractivity contribution is 6.30. The Labute approximate surface area is 126 Å². The number of benzene rings is 2. The summed E-state index contributed by atoms with van der Waals surface area (Å²) in [5, 5.41) is 11.8. The lowest BCUT2D eigenvalue weighted by Crippen LogP contribution is -2.11. The van der Waals surface area contributed by atoms with Crippen LogP contribution in [0, 0.1) is 5.82 Å². The van der Waals surface area contributed by atoms with Gasteiger partial charge in [0.05, 0.1) is 10.6 Å². The van der Waals surface area contributed by atoms with Crippen LogP contribution < -0.4 is 10.1 Å². The third-order valence-corrected chi connectivity index (χ3v) is 3.03.